The van der Waals surface area contributed by atoms with Gasteiger partial charge in [-0.2, -0.15) is 0 Å². The average molecular weight is 189 g/mol. The molecule has 14 heavy (non-hydrogen) atoms. The molecule has 0 atom stereocenters. The summed E-state index contributed by atoms with van der Waals surface area (Å²) in [5.41, 5.74) is 1.76. The molecule has 3 heteroatoms. The lowest BCUT2D eigenvalue weighted by Gasteiger charge is -2.03. The van der Waals surface area contributed by atoms with E-state index in [-0.39, 0.29) is 0 Å². The lowest BCUT2D eigenvalue weighted by molar-refractivity contribution is 0.416. The molecule has 1 aromatic carbocycles. The second kappa shape index (κ2) is 3.54. The van der Waals surface area contributed by atoms with E-state index in [1.807, 2.05) is 31.2 Å². The highest BCUT2D eigenvalue weighted by Crippen LogP contribution is 2.28. The molecule has 0 aliphatic heterocycles. The maximum absolute atomic E-state index is 5.23. The lowest BCUT2D eigenvalue weighted by atomic mass is 10.1. The maximum atomic E-state index is 5.23. The quantitative estimate of drug-likeness (QED) is 0.728. The zero-order valence-electron chi connectivity index (χ0n) is 8.15. The van der Waals surface area contributed by atoms with Gasteiger partial charge >= 0.3 is 0 Å². The summed E-state index contributed by atoms with van der Waals surface area (Å²) in [4.78, 5) is 4.24. The largest absolute Gasteiger partial charge is 0.496 e. The van der Waals surface area contributed by atoms with Gasteiger partial charge in [-0.1, -0.05) is 12.1 Å². The van der Waals surface area contributed by atoms with Crippen LogP contribution in [-0.2, 0) is 0 Å². The van der Waals surface area contributed by atoms with Crippen molar-refractivity contribution in [1.82, 2.24) is 4.98 Å². The zero-order valence-corrected chi connectivity index (χ0v) is 8.15. The Hall–Kier alpha value is -1.77. The molecule has 0 spiro atoms. The summed E-state index contributed by atoms with van der Waals surface area (Å²) < 4.78 is 10.4. The van der Waals surface area contributed by atoms with Crippen LogP contribution in [0.3, 0.4) is 0 Å². The van der Waals surface area contributed by atoms with Gasteiger partial charge in [0, 0.05) is 12.5 Å². The van der Waals surface area contributed by atoms with Crippen LogP contribution < -0.4 is 4.74 Å². The zero-order chi connectivity index (χ0) is 9.97. The monoisotopic (exact) mass is 189 g/mol. The molecule has 0 N–H and O–H groups in total. The molecule has 72 valence electrons. The summed E-state index contributed by atoms with van der Waals surface area (Å²) in [5.74, 6) is 1.46. The molecule has 2 aromatic rings. The normalized spacial score (nSPS) is 10.1. The number of para-hydroxylation sites is 1. The minimum absolute atomic E-state index is 0.658. The van der Waals surface area contributed by atoms with E-state index in [1.165, 1.54) is 0 Å². The fourth-order valence-corrected chi connectivity index (χ4v) is 1.34. The van der Waals surface area contributed by atoms with Crippen molar-refractivity contribution in [2.75, 3.05) is 7.11 Å². The van der Waals surface area contributed by atoms with Crippen molar-refractivity contribution in [3.63, 3.8) is 0 Å². The lowest BCUT2D eigenvalue weighted by Crippen LogP contribution is -1.87. The Morgan fingerprint density at radius 3 is 2.71 bits per heavy atom. The molecular weight excluding hydrogens is 178 g/mol. The molecule has 3 nitrogen and oxygen atoms in total. The van der Waals surface area contributed by atoms with Gasteiger partial charge in [-0.25, -0.2) is 4.98 Å². The first kappa shape index (κ1) is 8.81. The number of rotatable bonds is 2. The van der Waals surface area contributed by atoms with Crippen molar-refractivity contribution in [3.05, 3.63) is 36.4 Å². The number of aromatic nitrogens is 1. The third kappa shape index (κ3) is 1.48. The predicted octanol–water partition coefficient (Wildman–Crippen LogP) is 2.66. The maximum Gasteiger partial charge on any atom is 0.191 e. The molecule has 1 heterocycles. The Bertz CT molecular complexity index is 434. The van der Waals surface area contributed by atoms with E-state index in [0.29, 0.717) is 5.89 Å². The smallest absolute Gasteiger partial charge is 0.191 e. The summed E-state index contributed by atoms with van der Waals surface area (Å²) in [6, 6.07) is 7.73. The molecule has 0 amide bonds. The predicted molar refractivity (Wildman–Crippen MR) is 53.2 cm³/mol. The topological polar surface area (TPSA) is 35.3 Å². The van der Waals surface area contributed by atoms with Gasteiger partial charge in [0.2, 0.25) is 0 Å². The second-order valence-electron chi connectivity index (χ2n) is 2.95. The molecule has 2 rings (SSSR count). The molecular formula is C11H11NO2. The Morgan fingerprint density at radius 2 is 2.07 bits per heavy atom. The summed E-state index contributed by atoms with van der Waals surface area (Å²) in [5, 5.41) is 0. The number of benzene rings is 1. The average Bonchev–Trinajstić information content (AvgIpc) is 2.65. The first-order valence-electron chi connectivity index (χ1n) is 4.37. The minimum Gasteiger partial charge on any atom is -0.496 e. The highest BCUT2D eigenvalue weighted by molar-refractivity contribution is 5.66. The van der Waals surface area contributed by atoms with Crippen molar-refractivity contribution in [3.8, 4) is 17.0 Å². The number of aryl methyl sites for hydroxylation is 1. The summed E-state index contributed by atoms with van der Waals surface area (Å²) >= 11 is 0. The van der Waals surface area contributed by atoms with E-state index < -0.39 is 0 Å². The molecule has 1 aromatic heterocycles. The van der Waals surface area contributed by atoms with E-state index >= 15 is 0 Å². The highest BCUT2D eigenvalue weighted by Gasteiger charge is 2.07. The molecule has 0 aliphatic carbocycles. The number of nitrogens with zero attached hydrogens (tertiary/aromatic N) is 1. The minimum atomic E-state index is 0.658. The third-order valence-corrected chi connectivity index (χ3v) is 2.00. The van der Waals surface area contributed by atoms with Crippen LogP contribution >= 0.6 is 0 Å². The summed E-state index contributed by atoms with van der Waals surface area (Å²) in [6.45, 7) is 1.82. The van der Waals surface area contributed by atoms with Crippen LogP contribution in [0.4, 0.5) is 0 Å². The number of hydrogen-bond donors (Lipinski definition) is 0. The number of oxazole rings is 1. The fraction of sp³-hybridized carbons (Fsp3) is 0.182. The van der Waals surface area contributed by atoms with Gasteiger partial charge in [-0.05, 0) is 12.1 Å². The Kier molecular flexibility index (Phi) is 2.23. The van der Waals surface area contributed by atoms with Gasteiger partial charge in [0.05, 0.1) is 7.11 Å². The van der Waals surface area contributed by atoms with E-state index in [4.69, 9.17) is 9.15 Å². The van der Waals surface area contributed by atoms with Gasteiger partial charge in [-0.3, -0.25) is 0 Å². The van der Waals surface area contributed by atoms with Gasteiger partial charge in [-0.15, -0.1) is 0 Å². The molecule has 0 saturated carbocycles. The molecule has 0 fully saturated rings. The molecule has 0 aliphatic rings. The van der Waals surface area contributed by atoms with Gasteiger partial charge in [0.15, 0.2) is 5.89 Å². The first-order chi connectivity index (χ1) is 6.81. The first-order valence-corrected chi connectivity index (χ1v) is 4.37. The van der Waals surface area contributed by atoms with Gasteiger partial charge in [0.1, 0.15) is 17.7 Å². The molecule has 0 unspecified atom stereocenters. The Labute approximate surface area is 82.3 Å². The van der Waals surface area contributed by atoms with Crippen LogP contribution in [0.15, 0.2) is 34.9 Å². The summed E-state index contributed by atoms with van der Waals surface area (Å²) in [6.07, 6.45) is 1.63. The standard InChI is InChI=1S/C11H11NO2/c1-8-12-10(7-14-8)9-5-3-4-6-11(9)13-2/h3-7H,1-2H3. The third-order valence-electron chi connectivity index (χ3n) is 2.00. The Morgan fingerprint density at radius 1 is 1.29 bits per heavy atom. The van der Waals surface area contributed by atoms with Crippen LogP contribution in [0.25, 0.3) is 11.3 Å². The van der Waals surface area contributed by atoms with Crippen LogP contribution in [0, 0.1) is 6.92 Å². The van der Waals surface area contributed by atoms with E-state index in [1.54, 1.807) is 13.4 Å². The van der Waals surface area contributed by atoms with Crippen LogP contribution in [0.2, 0.25) is 0 Å². The van der Waals surface area contributed by atoms with Gasteiger partial charge < -0.3 is 9.15 Å². The SMILES string of the molecule is COc1ccccc1-c1coc(C)n1. The van der Waals surface area contributed by atoms with Crippen LogP contribution in [0.5, 0.6) is 5.75 Å². The summed E-state index contributed by atoms with van der Waals surface area (Å²) in [7, 11) is 1.64. The molecule has 0 radical (unpaired) electrons. The molecule has 0 bridgehead atoms. The van der Waals surface area contributed by atoms with E-state index in [0.717, 1.165) is 17.0 Å². The molecule has 0 saturated heterocycles. The highest BCUT2D eigenvalue weighted by atomic mass is 16.5. The van der Waals surface area contributed by atoms with Crippen molar-refractivity contribution in [2.24, 2.45) is 0 Å². The Balaban J connectivity index is 2.50. The van der Waals surface area contributed by atoms with Crippen LogP contribution in [-0.4, -0.2) is 12.1 Å². The second-order valence-corrected chi connectivity index (χ2v) is 2.95. The van der Waals surface area contributed by atoms with E-state index in [2.05, 4.69) is 4.98 Å². The van der Waals surface area contributed by atoms with Crippen molar-refractivity contribution in [2.45, 2.75) is 6.92 Å². The number of methoxy groups -OCH3 is 1. The number of ether oxygens (including phenoxy) is 1. The van der Waals surface area contributed by atoms with Crippen molar-refractivity contribution < 1.29 is 9.15 Å². The fourth-order valence-electron chi connectivity index (χ4n) is 1.34. The van der Waals surface area contributed by atoms with Crippen LogP contribution in [0.1, 0.15) is 5.89 Å². The number of hydrogen-bond acceptors (Lipinski definition) is 3. The van der Waals surface area contributed by atoms with Gasteiger partial charge in [0.25, 0.3) is 0 Å². The van der Waals surface area contributed by atoms with E-state index in [9.17, 15) is 0 Å². The van der Waals surface area contributed by atoms with Crippen molar-refractivity contribution >= 4 is 0 Å². The van der Waals surface area contributed by atoms with Crippen molar-refractivity contribution in [1.29, 1.82) is 0 Å².